The molecule has 22 heavy (non-hydrogen) atoms. The van der Waals surface area contributed by atoms with Crippen molar-refractivity contribution in [2.45, 2.75) is 6.92 Å². The fourth-order valence-corrected chi connectivity index (χ4v) is 2.52. The lowest BCUT2D eigenvalue weighted by molar-refractivity contribution is -0.139. The van der Waals surface area contributed by atoms with E-state index in [1.807, 2.05) is 6.07 Å². The summed E-state index contributed by atoms with van der Waals surface area (Å²) >= 11 is 0. The Morgan fingerprint density at radius 3 is 2.27 bits per heavy atom. The average Bonchev–Trinajstić information content (AvgIpc) is 2.56. The van der Waals surface area contributed by atoms with Gasteiger partial charge in [0, 0.05) is 51.5 Å². The molecule has 0 aromatic heterocycles. The molecule has 0 aliphatic carbocycles. The average molecular weight is 304 g/mol. The minimum absolute atomic E-state index is 0.466. The number of nitrogens with zero attached hydrogens (tertiary/aromatic N) is 2. The van der Waals surface area contributed by atoms with E-state index in [9.17, 15) is 9.59 Å². The number of piperazine rings is 1. The number of rotatable bonds is 5. The summed E-state index contributed by atoms with van der Waals surface area (Å²) in [4.78, 5) is 27.4. The fraction of sp³-hybridized carbons (Fsp3) is 0.500. The molecule has 2 N–H and O–H groups in total. The molecule has 0 spiro atoms. The number of hydrogen-bond donors (Lipinski definition) is 2. The Morgan fingerprint density at radius 1 is 1.00 bits per heavy atom. The molecule has 1 heterocycles. The van der Waals surface area contributed by atoms with Crippen molar-refractivity contribution in [3.05, 3.63) is 30.3 Å². The zero-order chi connectivity index (χ0) is 15.8. The Hall–Kier alpha value is -2.08. The van der Waals surface area contributed by atoms with Gasteiger partial charge < -0.3 is 15.5 Å². The zero-order valence-electron chi connectivity index (χ0n) is 13.0. The van der Waals surface area contributed by atoms with Gasteiger partial charge in [0.05, 0.1) is 0 Å². The van der Waals surface area contributed by atoms with E-state index in [1.54, 1.807) is 6.92 Å². The number of likely N-dealkylation sites (N-methyl/N-ethyl adjacent to an activating group) is 1. The molecule has 0 radical (unpaired) electrons. The van der Waals surface area contributed by atoms with Gasteiger partial charge >= 0.3 is 11.8 Å². The van der Waals surface area contributed by atoms with Crippen LogP contribution in [-0.4, -0.2) is 62.5 Å². The van der Waals surface area contributed by atoms with Crippen LogP contribution in [0.3, 0.4) is 0 Å². The van der Waals surface area contributed by atoms with Crippen LogP contribution in [0.5, 0.6) is 0 Å². The summed E-state index contributed by atoms with van der Waals surface area (Å²) in [5.74, 6) is -1.11. The van der Waals surface area contributed by atoms with Crippen molar-refractivity contribution in [1.82, 2.24) is 15.5 Å². The summed E-state index contributed by atoms with van der Waals surface area (Å²) < 4.78 is 0. The SMILES string of the molecule is CCNC(=O)C(=O)NCCN1CCN(c2ccccc2)CC1. The summed E-state index contributed by atoms with van der Waals surface area (Å²) in [7, 11) is 0. The molecule has 1 aromatic rings. The molecule has 1 aliphatic rings. The molecule has 0 saturated carbocycles. The predicted molar refractivity (Wildman–Crippen MR) is 86.8 cm³/mol. The van der Waals surface area contributed by atoms with Gasteiger partial charge in [0.25, 0.3) is 0 Å². The van der Waals surface area contributed by atoms with Crippen LogP contribution in [0.15, 0.2) is 30.3 Å². The number of amides is 2. The largest absolute Gasteiger partial charge is 0.369 e. The van der Waals surface area contributed by atoms with Crippen LogP contribution in [0, 0.1) is 0 Å². The van der Waals surface area contributed by atoms with Gasteiger partial charge in [-0.1, -0.05) is 18.2 Å². The Bertz CT molecular complexity index is 484. The zero-order valence-corrected chi connectivity index (χ0v) is 13.0. The lowest BCUT2D eigenvalue weighted by Gasteiger charge is -2.36. The third-order valence-electron chi connectivity index (χ3n) is 3.75. The van der Waals surface area contributed by atoms with Crippen molar-refractivity contribution in [2.75, 3.05) is 50.7 Å². The molecule has 6 nitrogen and oxygen atoms in total. The van der Waals surface area contributed by atoms with Crippen LogP contribution >= 0.6 is 0 Å². The van der Waals surface area contributed by atoms with E-state index in [0.717, 1.165) is 32.7 Å². The molecule has 1 aliphatic heterocycles. The van der Waals surface area contributed by atoms with E-state index in [0.29, 0.717) is 13.1 Å². The van der Waals surface area contributed by atoms with Crippen LogP contribution in [0.1, 0.15) is 6.92 Å². The first-order chi connectivity index (χ1) is 10.7. The van der Waals surface area contributed by atoms with E-state index in [1.165, 1.54) is 5.69 Å². The Morgan fingerprint density at radius 2 is 1.64 bits per heavy atom. The van der Waals surface area contributed by atoms with Crippen LogP contribution in [0.2, 0.25) is 0 Å². The molecule has 0 atom stereocenters. The summed E-state index contributed by atoms with van der Waals surface area (Å²) in [6, 6.07) is 10.4. The van der Waals surface area contributed by atoms with Gasteiger partial charge in [0.2, 0.25) is 0 Å². The Balaban J connectivity index is 1.66. The topological polar surface area (TPSA) is 64.7 Å². The number of para-hydroxylation sites is 1. The molecule has 0 unspecified atom stereocenters. The van der Waals surface area contributed by atoms with Crippen LogP contribution in [0.25, 0.3) is 0 Å². The van der Waals surface area contributed by atoms with Gasteiger partial charge in [-0.05, 0) is 19.1 Å². The number of carbonyl (C=O) groups is 2. The second-order valence-electron chi connectivity index (χ2n) is 5.28. The van der Waals surface area contributed by atoms with Crippen LogP contribution < -0.4 is 15.5 Å². The smallest absolute Gasteiger partial charge is 0.309 e. The maximum atomic E-state index is 11.5. The van der Waals surface area contributed by atoms with Crippen molar-refractivity contribution in [2.24, 2.45) is 0 Å². The van der Waals surface area contributed by atoms with E-state index >= 15 is 0 Å². The number of nitrogens with one attached hydrogen (secondary N) is 2. The van der Waals surface area contributed by atoms with Crippen molar-refractivity contribution in [1.29, 1.82) is 0 Å². The van der Waals surface area contributed by atoms with E-state index in [4.69, 9.17) is 0 Å². The second kappa shape index (κ2) is 8.38. The van der Waals surface area contributed by atoms with Gasteiger partial charge in [-0.3, -0.25) is 14.5 Å². The lowest BCUT2D eigenvalue weighted by atomic mass is 10.2. The molecule has 0 bridgehead atoms. The minimum atomic E-state index is -0.559. The fourth-order valence-electron chi connectivity index (χ4n) is 2.52. The monoisotopic (exact) mass is 304 g/mol. The highest BCUT2D eigenvalue weighted by molar-refractivity contribution is 6.35. The molecule has 1 saturated heterocycles. The highest BCUT2D eigenvalue weighted by atomic mass is 16.2. The molecule has 1 aromatic carbocycles. The first-order valence-corrected chi connectivity index (χ1v) is 7.79. The first kappa shape index (κ1) is 16.3. The quantitative estimate of drug-likeness (QED) is 0.755. The van der Waals surface area contributed by atoms with E-state index < -0.39 is 11.8 Å². The maximum Gasteiger partial charge on any atom is 0.309 e. The van der Waals surface area contributed by atoms with Crippen LogP contribution in [-0.2, 0) is 9.59 Å². The summed E-state index contributed by atoms with van der Waals surface area (Å²) in [5.41, 5.74) is 1.26. The predicted octanol–water partition coefficient (Wildman–Crippen LogP) is 0.0609. The summed E-state index contributed by atoms with van der Waals surface area (Å²) in [6.45, 7) is 7.42. The Kier molecular flexibility index (Phi) is 6.21. The highest BCUT2D eigenvalue weighted by Crippen LogP contribution is 2.15. The molecular weight excluding hydrogens is 280 g/mol. The second-order valence-corrected chi connectivity index (χ2v) is 5.28. The van der Waals surface area contributed by atoms with Crippen molar-refractivity contribution >= 4 is 17.5 Å². The first-order valence-electron chi connectivity index (χ1n) is 7.79. The van der Waals surface area contributed by atoms with Gasteiger partial charge in [-0.25, -0.2) is 0 Å². The third-order valence-corrected chi connectivity index (χ3v) is 3.75. The Labute approximate surface area is 131 Å². The number of carbonyl (C=O) groups excluding carboxylic acids is 2. The molecule has 120 valence electrons. The summed E-state index contributed by atoms with van der Waals surface area (Å²) in [5, 5.41) is 5.14. The highest BCUT2D eigenvalue weighted by Gasteiger charge is 2.17. The van der Waals surface area contributed by atoms with Crippen molar-refractivity contribution in [3.63, 3.8) is 0 Å². The number of benzene rings is 1. The standard InChI is InChI=1S/C16H24N4O2/c1-2-17-15(21)16(22)18-8-9-19-10-12-20(13-11-19)14-6-4-3-5-7-14/h3-7H,2,8-13H2,1H3,(H,17,21)(H,18,22). The summed E-state index contributed by atoms with van der Waals surface area (Å²) in [6.07, 6.45) is 0. The molecule has 6 heteroatoms. The molecule has 2 rings (SSSR count). The van der Waals surface area contributed by atoms with E-state index in [-0.39, 0.29) is 0 Å². The lowest BCUT2D eigenvalue weighted by Crippen LogP contribution is -2.49. The van der Waals surface area contributed by atoms with Gasteiger partial charge in [-0.15, -0.1) is 0 Å². The van der Waals surface area contributed by atoms with Gasteiger partial charge in [0.1, 0.15) is 0 Å². The third kappa shape index (κ3) is 4.73. The molecule has 1 fully saturated rings. The van der Waals surface area contributed by atoms with E-state index in [2.05, 4.69) is 44.7 Å². The minimum Gasteiger partial charge on any atom is -0.369 e. The van der Waals surface area contributed by atoms with Crippen LogP contribution in [0.4, 0.5) is 5.69 Å². The molecule has 2 amide bonds. The van der Waals surface area contributed by atoms with Gasteiger partial charge in [0.15, 0.2) is 0 Å². The maximum absolute atomic E-state index is 11.5. The van der Waals surface area contributed by atoms with Crippen molar-refractivity contribution in [3.8, 4) is 0 Å². The van der Waals surface area contributed by atoms with Crippen molar-refractivity contribution < 1.29 is 9.59 Å². The number of anilines is 1. The molecular formula is C16H24N4O2. The van der Waals surface area contributed by atoms with Gasteiger partial charge in [-0.2, -0.15) is 0 Å². The normalized spacial score (nSPS) is 15.4. The number of hydrogen-bond acceptors (Lipinski definition) is 4.